The Bertz CT molecular complexity index is 1060. The first-order valence-electron chi connectivity index (χ1n) is 9.09. The number of ether oxygens (including phenoxy) is 1. The molecule has 0 aliphatic carbocycles. The van der Waals surface area contributed by atoms with E-state index < -0.39 is 55.5 Å². The van der Waals surface area contributed by atoms with Crippen LogP contribution in [0.15, 0.2) is 46.1 Å². The summed E-state index contributed by atoms with van der Waals surface area (Å²) in [6.07, 6.45) is -4.60. The van der Waals surface area contributed by atoms with Gasteiger partial charge in [0.15, 0.2) is 18.1 Å². The molecule has 0 amide bonds. The number of hydrogen-bond donors (Lipinski definition) is 4. The molecular formula is C15H16N3O11P. The smallest absolute Gasteiger partial charge is 0.426 e. The fourth-order valence-electron chi connectivity index (χ4n) is 2.76. The number of aromatic nitrogens is 2. The maximum absolute atomic E-state index is 12.5. The molecule has 1 aliphatic rings. The molecule has 0 bridgehead atoms. The van der Waals surface area contributed by atoms with Crippen LogP contribution in [0.4, 0.5) is 5.69 Å². The number of phosphoric acid groups is 1. The maximum atomic E-state index is 12.5. The molecule has 1 fully saturated rings. The predicted octanol–water partition coefficient (Wildman–Crippen LogP) is -1.81. The van der Waals surface area contributed by atoms with Crippen molar-refractivity contribution in [3.8, 4) is 5.75 Å². The lowest BCUT2D eigenvalue weighted by Crippen LogP contribution is -2.40. The van der Waals surface area contributed by atoms with Gasteiger partial charge in [-0.15, -0.1) is 0 Å². The van der Waals surface area contributed by atoms with Crippen molar-refractivity contribution in [1.82, 2.24) is 9.55 Å². The molecule has 2 aromatic rings. The second-order valence-electron chi connectivity index (χ2n) is 6.09. The number of nitro benzene ring substituents is 1. The van der Waals surface area contributed by atoms with E-state index in [4.69, 9.17) is 16.6 Å². The fourth-order valence-corrected chi connectivity index (χ4v) is 3.75. The highest BCUT2D eigenvalue weighted by molar-refractivity contribution is 7.53. The third kappa shape index (κ3) is 4.71. The van der Waals surface area contributed by atoms with Crippen LogP contribution in [0.3, 0.4) is 0 Å². The van der Waals surface area contributed by atoms with E-state index in [-0.39, 0.29) is 11.4 Å². The number of aliphatic hydroxyl groups is 2. The molecule has 3 rings (SSSR count). The molecule has 0 spiro atoms. The topological polar surface area (TPSA) is 209 Å². The molecule has 5 atom stereocenters. The van der Waals surface area contributed by atoms with Crippen LogP contribution in [0.25, 0.3) is 0 Å². The number of rotatable bonds is 9. The monoisotopic (exact) mass is 447 g/mol. The van der Waals surface area contributed by atoms with Crippen molar-refractivity contribution in [3.05, 3.63) is 67.5 Å². The normalized spacial score (nSPS) is 26.5. The lowest BCUT2D eigenvalue weighted by atomic mass is 10.1. The Hall–Kier alpha value is -2.71. The zero-order valence-corrected chi connectivity index (χ0v) is 15.7. The molecule has 30 heavy (non-hydrogen) atoms. The van der Waals surface area contributed by atoms with Gasteiger partial charge in [0.2, 0.25) is 2.86 Å². The number of non-ortho nitro benzene ring substituents is 1. The van der Waals surface area contributed by atoms with Crippen molar-refractivity contribution in [2.75, 3.05) is 6.61 Å². The lowest BCUT2D eigenvalue weighted by Gasteiger charge is -2.25. The summed E-state index contributed by atoms with van der Waals surface area (Å²) in [5.41, 5.74) is -1.88. The molecule has 2 heterocycles. The zero-order chi connectivity index (χ0) is 23.5. The molecule has 0 radical (unpaired) electrons. The van der Waals surface area contributed by atoms with Crippen molar-refractivity contribution in [3.63, 3.8) is 0 Å². The van der Waals surface area contributed by atoms with Crippen LogP contribution in [0.1, 0.15) is 6.23 Å². The Labute approximate surface area is 170 Å². The van der Waals surface area contributed by atoms with Gasteiger partial charge < -0.3 is 19.8 Å². The van der Waals surface area contributed by atoms with Gasteiger partial charge in [0.25, 0.3) is 11.2 Å². The van der Waals surface area contributed by atoms with Crippen LogP contribution in [0.5, 0.6) is 5.75 Å². The quantitative estimate of drug-likeness (QED) is 0.191. The molecule has 1 aromatic carbocycles. The van der Waals surface area contributed by atoms with E-state index >= 15 is 0 Å². The second kappa shape index (κ2) is 8.57. The summed E-state index contributed by atoms with van der Waals surface area (Å²) >= 11 is 0. The number of H-pyrrole nitrogens is 1. The van der Waals surface area contributed by atoms with Gasteiger partial charge in [0.05, 0.1) is 11.5 Å². The van der Waals surface area contributed by atoms with Crippen LogP contribution >= 0.6 is 8.17 Å². The summed E-state index contributed by atoms with van der Waals surface area (Å²) in [6, 6.07) is 5.23. The number of benzene rings is 1. The first-order chi connectivity index (χ1) is 15.1. The number of phosphoric ester groups is 1. The van der Waals surface area contributed by atoms with E-state index in [1.807, 2.05) is 4.98 Å². The van der Waals surface area contributed by atoms with Crippen LogP contribution in [0.2, 0.25) is 0 Å². The lowest BCUT2D eigenvalue weighted by molar-refractivity contribution is -0.384. The Morgan fingerprint density at radius 1 is 1.33 bits per heavy atom. The van der Waals surface area contributed by atoms with Crippen molar-refractivity contribution in [1.29, 1.82) is 2.86 Å². The summed E-state index contributed by atoms with van der Waals surface area (Å²) in [6.45, 7) is -0.503. The third-order valence-electron chi connectivity index (χ3n) is 4.10. The third-order valence-corrected chi connectivity index (χ3v) is 5.05. The standard InChI is InChI=1S/C15H16N3O11P/c19-7-10-13(12(21)14(27-10)17-6-5-11(20)16-15(17)22)29-30(25,26)28-9-3-1-8(2-4-9)18(23)24/h1-6,10,12-14,19,21H,7H2,(H,25,26)(H,16,20,22)/t10-,12-,13-,14-/m1/s1/i19D,21D. The number of nitro groups is 1. The minimum Gasteiger partial charge on any atom is -0.598 e. The number of nitrogens with zero attached hydrogens (tertiary/aromatic N) is 2. The van der Waals surface area contributed by atoms with Gasteiger partial charge in [-0.3, -0.25) is 29.0 Å². The van der Waals surface area contributed by atoms with Crippen LogP contribution < -0.4 is 20.7 Å². The first-order valence-corrected chi connectivity index (χ1v) is 9.77. The van der Waals surface area contributed by atoms with Crippen molar-refractivity contribution >= 4 is 13.9 Å². The Kier molecular flexibility index (Phi) is 5.50. The molecule has 15 heteroatoms. The average Bonchev–Trinajstić information content (AvgIpc) is 3.04. The maximum Gasteiger partial charge on any atom is 0.426 e. The van der Waals surface area contributed by atoms with Gasteiger partial charge >= 0.3 is 13.9 Å². The molecular weight excluding hydrogens is 429 g/mol. The molecule has 1 saturated heterocycles. The largest absolute Gasteiger partial charge is 0.598 e. The Morgan fingerprint density at radius 3 is 2.67 bits per heavy atom. The predicted molar refractivity (Wildman–Crippen MR) is 96.1 cm³/mol. The summed E-state index contributed by atoms with van der Waals surface area (Å²) in [5, 5.41) is 19.5. The number of aliphatic hydroxyl groups excluding tert-OH is 2. The molecule has 4 N–H and O–H groups in total. The second-order valence-corrected chi connectivity index (χ2v) is 7.43. The molecule has 0 saturated carbocycles. The Balaban J connectivity index is 1.83. The van der Waals surface area contributed by atoms with Gasteiger partial charge in [-0.25, -0.2) is 4.79 Å². The molecule has 1 unspecified atom stereocenters. The van der Waals surface area contributed by atoms with Crippen molar-refractivity contribution < 1.29 is 38.7 Å². The fraction of sp³-hybridized carbons (Fsp3) is 0.333. The van der Waals surface area contributed by atoms with Crippen LogP contribution in [-0.4, -0.2) is 57.4 Å². The molecule has 1 aliphatic heterocycles. The number of hydrogen-bond acceptors (Lipinski definition) is 11. The van der Waals surface area contributed by atoms with E-state index in [0.717, 1.165) is 41.1 Å². The summed E-state index contributed by atoms with van der Waals surface area (Å²) in [5.74, 6) is -0.231. The molecule has 14 nitrogen and oxygen atoms in total. The summed E-state index contributed by atoms with van der Waals surface area (Å²) in [4.78, 5) is 58.1. The molecule has 1 aromatic heterocycles. The van der Waals surface area contributed by atoms with Gasteiger partial charge in [-0.1, -0.05) is 0 Å². The van der Waals surface area contributed by atoms with Crippen LogP contribution in [0, 0.1) is 10.1 Å². The van der Waals surface area contributed by atoms with Crippen molar-refractivity contribution in [2.24, 2.45) is 0 Å². The minimum atomic E-state index is -4.93. The number of nitrogens with one attached hydrogen (secondary N) is 1. The van der Waals surface area contributed by atoms with E-state index in [1.165, 1.54) is 0 Å². The SMILES string of the molecule is [2H]OC[C@H]1O[C@@H](n2ccc(=O)[nH]c2=O)[C@H](O[2H])[C@@H]1O[P+]([O-])(O)Oc1ccc([N+](=O)[O-])cc1. The zero-order valence-electron chi connectivity index (χ0n) is 16.9. The van der Waals surface area contributed by atoms with E-state index in [9.17, 15) is 29.5 Å². The van der Waals surface area contributed by atoms with E-state index in [1.54, 1.807) is 0 Å². The number of aromatic amines is 1. The highest BCUT2D eigenvalue weighted by atomic mass is 31.2. The summed E-state index contributed by atoms with van der Waals surface area (Å²) < 4.78 is 30.6. The van der Waals surface area contributed by atoms with E-state index in [2.05, 4.69) is 10.2 Å². The Morgan fingerprint density at radius 2 is 2.07 bits per heavy atom. The van der Waals surface area contributed by atoms with E-state index in [0.29, 0.717) is 0 Å². The van der Waals surface area contributed by atoms with Gasteiger partial charge in [0, 0.05) is 24.4 Å². The van der Waals surface area contributed by atoms with Gasteiger partial charge in [-0.2, -0.15) is 9.42 Å². The van der Waals surface area contributed by atoms with Gasteiger partial charge in [-0.05, 0) is 12.1 Å². The highest BCUT2D eigenvalue weighted by Gasteiger charge is 2.51. The first kappa shape index (κ1) is 19.3. The molecule has 162 valence electrons. The average molecular weight is 447 g/mol. The van der Waals surface area contributed by atoms with Crippen LogP contribution in [-0.2, 0) is 9.26 Å². The summed E-state index contributed by atoms with van der Waals surface area (Å²) in [7, 11) is -4.93. The minimum absolute atomic E-state index is 0.231. The van der Waals surface area contributed by atoms with Gasteiger partial charge in [0.1, 0.15) is 12.2 Å². The highest BCUT2D eigenvalue weighted by Crippen LogP contribution is 2.51. The van der Waals surface area contributed by atoms with Crippen molar-refractivity contribution in [2.45, 2.75) is 24.5 Å².